The summed E-state index contributed by atoms with van der Waals surface area (Å²) in [7, 11) is 0. The van der Waals surface area contributed by atoms with Gasteiger partial charge in [0.25, 0.3) is 0 Å². The Morgan fingerprint density at radius 3 is 1.60 bits per heavy atom. The van der Waals surface area contributed by atoms with Crippen molar-refractivity contribution in [3.05, 3.63) is 234 Å². The van der Waals surface area contributed by atoms with Gasteiger partial charge in [-0.3, -0.25) is 0 Å². The summed E-state index contributed by atoms with van der Waals surface area (Å²) in [6.07, 6.45) is 0.853. The maximum absolute atomic E-state index is 6.80. The predicted molar refractivity (Wildman–Crippen MR) is 238 cm³/mol. The highest BCUT2D eigenvalue weighted by molar-refractivity contribution is 6.13. The Bertz CT molecular complexity index is 3230. The van der Waals surface area contributed by atoms with Crippen molar-refractivity contribution < 1.29 is 4.42 Å². The van der Waals surface area contributed by atoms with Crippen LogP contribution in [0.15, 0.2) is 205 Å². The van der Waals surface area contributed by atoms with Gasteiger partial charge in [-0.15, -0.1) is 0 Å². The molecule has 0 saturated carbocycles. The van der Waals surface area contributed by atoms with E-state index in [9.17, 15) is 0 Å². The van der Waals surface area contributed by atoms with E-state index in [1.807, 2.05) is 0 Å². The topological polar surface area (TPSA) is 16.4 Å². The minimum atomic E-state index is -0.517. The van der Waals surface area contributed by atoms with Gasteiger partial charge < -0.3 is 9.32 Å². The molecule has 0 saturated heterocycles. The van der Waals surface area contributed by atoms with E-state index in [1.165, 1.54) is 95.0 Å². The summed E-state index contributed by atoms with van der Waals surface area (Å²) in [5, 5.41) is 2.31. The second-order valence-corrected chi connectivity index (χ2v) is 15.9. The third-order valence-electron chi connectivity index (χ3n) is 13.1. The number of furan rings is 1. The van der Waals surface area contributed by atoms with Crippen LogP contribution in [0, 0.1) is 0 Å². The number of fused-ring (bicyclic) bond motifs is 16. The molecule has 0 bridgehead atoms. The highest BCUT2D eigenvalue weighted by atomic mass is 16.3. The van der Waals surface area contributed by atoms with Gasteiger partial charge in [0, 0.05) is 39.7 Å². The monoisotopic (exact) mass is 737 g/mol. The number of hydrogen-bond acceptors (Lipinski definition) is 2. The Morgan fingerprint density at radius 2 is 0.931 bits per heavy atom. The van der Waals surface area contributed by atoms with Gasteiger partial charge in [0.2, 0.25) is 0 Å². The number of para-hydroxylation sites is 1. The van der Waals surface area contributed by atoms with Crippen molar-refractivity contribution >= 4 is 39.0 Å². The predicted octanol–water partition coefficient (Wildman–Crippen LogP) is 14.6. The molecule has 9 aromatic carbocycles. The van der Waals surface area contributed by atoms with Crippen LogP contribution in [0.5, 0.6) is 0 Å². The summed E-state index contributed by atoms with van der Waals surface area (Å²) in [6, 6.07) is 73.9. The lowest BCUT2D eigenvalue weighted by atomic mass is 9.70. The lowest BCUT2D eigenvalue weighted by Crippen LogP contribution is -2.26. The molecule has 1 unspecified atom stereocenters. The lowest BCUT2D eigenvalue weighted by molar-refractivity contribution is 0.669. The van der Waals surface area contributed by atoms with Crippen molar-refractivity contribution in [1.82, 2.24) is 0 Å². The zero-order valence-electron chi connectivity index (χ0n) is 31.6. The summed E-state index contributed by atoms with van der Waals surface area (Å²) < 4.78 is 6.80. The second-order valence-electron chi connectivity index (χ2n) is 15.9. The fraction of sp³-hybridized carbons (Fsp3) is 0.0357. The zero-order valence-corrected chi connectivity index (χ0v) is 31.6. The highest BCUT2D eigenvalue weighted by Gasteiger charge is 2.53. The maximum atomic E-state index is 6.80. The standard InChI is InChI=1S/C56H35NO/c1-3-14-35(15-4-1)37-26-30-49-39(32-37)34-40-33-38(36-16-5-2-6-17-36)27-31-50(40)57(49)51-24-13-23-47-53(51)43-19-7-10-21-45(43)56(47)46-22-11-8-20-44(46)54-48(56)29-28-42-41-18-9-12-25-52(41)58-55(42)54/h1-33H,34H2. The van der Waals surface area contributed by atoms with E-state index in [2.05, 4.69) is 205 Å². The average Bonchev–Trinajstić information content (AvgIpc) is 3.93. The van der Waals surface area contributed by atoms with E-state index in [0.29, 0.717) is 0 Å². The van der Waals surface area contributed by atoms with Crippen LogP contribution < -0.4 is 4.90 Å². The minimum Gasteiger partial charge on any atom is -0.455 e. The Hall–Kier alpha value is -7.42. The molecule has 3 aliphatic rings. The Kier molecular flexibility index (Phi) is 6.46. The van der Waals surface area contributed by atoms with Gasteiger partial charge in [0.1, 0.15) is 11.2 Å². The molecule has 1 spiro atoms. The maximum Gasteiger partial charge on any atom is 0.143 e. The third-order valence-corrected chi connectivity index (χ3v) is 13.1. The lowest BCUT2D eigenvalue weighted by Gasteiger charge is -2.36. The summed E-state index contributed by atoms with van der Waals surface area (Å²) >= 11 is 0. The largest absolute Gasteiger partial charge is 0.455 e. The number of hydrogen-bond donors (Lipinski definition) is 0. The second kappa shape index (κ2) is 11.8. The first-order valence-electron chi connectivity index (χ1n) is 20.2. The highest BCUT2D eigenvalue weighted by Crippen LogP contribution is 2.66. The van der Waals surface area contributed by atoms with Gasteiger partial charge in [-0.25, -0.2) is 0 Å². The molecular weight excluding hydrogens is 703 g/mol. The number of benzene rings is 9. The van der Waals surface area contributed by atoms with Gasteiger partial charge in [0.05, 0.1) is 11.1 Å². The Balaban J connectivity index is 1.09. The van der Waals surface area contributed by atoms with E-state index < -0.39 is 5.41 Å². The zero-order chi connectivity index (χ0) is 38.0. The van der Waals surface area contributed by atoms with E-state index in [4.69, 9.17) is 4.42 Å². The van der Waals surface area contributed by atoms with Crippen molar-refractivity contribution in [2.75, 3.05) is 4.90 Å². The van der Waals surface area contributed by atoms with Crippen molar-refractivity contribution in [3.8, 4) is 44.5 Å². The molecule has 0 radical (unpaired) electrons. The third kappa shape index (κ3) is 4.16. The van der Waals surface area contributed by atoms with Crippen molar-refractivity contribution in [2.45, 2.75) is 11.8 Å². The van der Waals surface area contributed by atoms with Crippen LogP contribution >= 0.6 is 0 Å². The van der Waals surface area contributed by atoms with Crippen LogP contribution in [-0.4, -0.2) is 0 Å². The van der Waals surface area contributed by atoms with Crippen molar-refractivity contribution in [2.24, 2.45) is 0 Å². The first kappa shape index (κ1) is 31.7. The van der Waals surface area contributed by atoms with Gasteiger partial charge >= 0.3 is 0 Å². The first-order chi connectivity index (χ1) is 28.8. The van der Waals surface area contributed by atoms with Crippen LogP contribution in [-0.2, 0) is 11.8 Å². The number of rotatable bonds is 3. The van der Waals surface area contributed by atoms with Gasteiger partial charge in [-0.1, -0.05) is 164 Å². The molecular formula is C56H35NO. The van der Waals surface area contributed by atoms with Crippen LogP contribution in [0.1, 0.15) is 33.4 Å². The molecule has 0 amide bonds. The molecule has 10 aromatic rings. The molecule has 1 aliphatic heterocycles. The van der Waals surface area contributed by atoms with Crippen molar-refractivity contribution in [3.63, 3.8) is 0 Å². The summed E-state index contributed by atoms with van der Waals surface area (Å²) in [5.74, 6) is 0. The molecule has 2 heterocycles. The van der Waals surface area contributed by atoms with E-state index in [-0.39, 0.29) is 0 Å². The number of nitrogens with zero attached hydrogens (tertiary/aromatic N) is 1. The molecule has 2 aliphatic carbocycles. The smallest absolute Gasteiger partial charge is 0.143 e. The normalized spacial score (nSPS) is 15.6. The van der Waals surface area contributed by atoms with Crippen molar-refractivity contribution in [1.29, 1.82) is 0 Å². The summed E-state index contributed by atoms with van der Waals surface area (Å²) in [6.45, 7) is 0. The summed E-state index contributed by atoms with van der Waals surface area (Å²) in [5.41, 5.74) is 22.8. The van der Waals surface area contributed by atoms with Crippen LogP contribution in [0.4, 0.5) is 17.1 Å². The minimum absolute atomic E-state index is 0.517. The fourth-order valence-corrected chi connectivity index (χ4v) is 10.7. The van der Waals surface area contributed by atoms with E-state index in [1.54, 1.807) is 0 Å². The molecule has 0 fully saturated rings. The molecule has 0 N–H and O–H groups in total. The molecule has 2 nitrogen and oxygen atoms in total. The molecule has 13 rings (SSSR count). The van der Waals surface area contributed by atoms with Crippen LogP contribution in [0.2, 0.25) is 0 Å². The van der Waals surface area contributed by atoms with E-state index >= 15 is 0 Å². The van der Waals surface area contributed by atoms with Gasteiger partial charge in [-0.05, 0) is 103 Å². The number of anilines is 3. The van der Waals surface area contributed by atoms with Gasteiger partial charge in [-0.2, -0.15) is 0 Å². The van der Waals surface area contributed by atoms with E-state index in [0.717, 1.165) is 28.4 Å². The Labute approximate surface area is 336 Å². The van der Waals surface area contributed by atoms with Crippen LogP contribution in [0.25, 0.3) is 66.4 Å². The SMILES string of the molecule is c1ccc(-c2ccc3c(c2)Cc2cc(-c4ccccc4)ccc2N3c2cccc3c2-c2ccccc2C32c3ccccc3-c3c2ccc2c3oc3ccccc32)cc1. The van der Waals surface area contributed by atoms with Crippen LogP contribution in [0.3, 0.4) is 0 Å². The average molecular weight is 738 g/mol. The quantitative estimate of drug-likeness (QED) is 0.180. The van der Waals surface area contributed by atoms with Gasteiger partial charge in [0.15, 0.2) is 0 Å². The molecule has 58 heavy (non-hydrogen) atoms. The Morgan fingerprint density at radius 1 is 0.379 bits per heavy atom. The molecule has 1 aromatic heterocycles. The molecule has 1 atom stereocenters. The summed E-state index contributed by atoms with van der Waals surface area (Å²) in [4.78, 5) is 2.55. The molecule has 2 heteroatoms. The first-order valence-corrected chi connectivity index (χ1v) is 20.2. The fourth-order valence-electron chi connectivity index (χ4n) is 10.7. The molecule has 270 valence electrons.